The summed E-state index contributed by atoms with van der Waals surface area (Å²) in [4.78, 5) is 12.9. The fourth-order valence-corrected chi connectivity index (χ4v) is 1.28. The molecule has 1 heterocycles. The molecule has 1 aliphatic heterocycles. The second-order valence-corrected chi connectivity index (χ2v) is 3.12. The first-order valence-electron chi connectivity index (χ1n) is 4.16. The van der Waals surface area contributed by atoms with E-state index >= 15 is 0 Å². The highest BCUT2D eigenvalue weighted by molar-refractivity contribution is 5.77. The van der Waals surface area contributed by atoms with E-state index in [0.717, 1.165) is 19.5 Å². The van der Waals surface area contributed by atoms with Gasteiger partial charge in [0.05, 0.1) is 6.10 Å². The molecular formula is C8H15NO2. The highest BCUT2D eigenvalue weighted by Gasteiger charge is 2.19. The van der Waals surface area contributed by atoms with Gasteiger partial charge in [-0.3, -0.25) is 4.79 Å². The van der Waals surface area contributed by atoms with Crippen molar-refractivity contribution >= 4 is 5.91 Å². The van der Waals surface area contributed by atoms with Crippen molar-refractivity contribution in [1.29, 1.82) is 0 Å². The highest BCUT2D eigenvalue weighted by atomic mass is 16.3. The molecule has 0 aromatic carbocycles. The summed E-state index contributed by atoms with van der Waals surface area (Å²) < 4.78 is 0. The predicted molar refractivity (Wildman–Crippen MR) is 42.1 cm³/mol. The Kier molecular flexibility index (Phi) is 2.88. The monoisotopic (exact) mass is 157 g/mol. The molecule has 1 N–H and O–H groups in total. The molecule has 1 rings (SSSR count). The smallest absolute Gasteiger partial charge is 0.222 e. The average molecular weight is 157 g/mol. The van der Waals surface area contributed by atoms with E-state index in [2.05, 4.69) is 0 Å². The Morgan fingerprint density at radius 1 is 1.73 bits per heavy atom. The molecule has 0 unspecified atom stereocenters. The van der Waals surface area contributed by atoms with Crippen molar-refractivity contribution in [2.24, 2.45) is 0 Å². The maximum atomic E-state index is 11.0. The summed E-state index contributed by atoms with van der Waals surface area (Å²) in [5, 5.41) is 8.96. The fraction of sp³-hybridized carbons (Fsp3) is 0.875. The molecular weight excluding hydrogens is 142 g/mol. The van der Waals surface area contributed by atoms with Crippen LogP contribution in [0, 0.1) is 0 Å². The lowest BCUT2D eigenvalue weighted by molar-refractivity contribution is -0.127. The summed E-state index contributed by atoms with van der Waals surface area (Å²) in [6.07, 6.45) is 2.09. The minimum absolute atomic E-state index is 0.241. The summed E-state index contributed by atoms with van der Waals surface area (Å²) in [7, 11) is 0. The van der Waals surface area contributed by atoms with Crippen LogP contribution >= 0.6 is 0 Å². The van der Waals surface area contributed by atoms with E-state index in [1.807, 2.05) is 4.90 Å². The Labute approximate surface area is 67.0 Å². The molecule has 0 bridgehead atoms. The van der Waals surface area contributed by atoms with Crippen LogP contribution in [0.3, 0.4) is 0 Å². The van der Waals surface area contributed by atoms with Gasteiger partial charge in [-0.25, -0.2) is 0 Å². The van der Waals surface area contributed by atoms with Gasteiger partial charge < -0.3 is 10.0 Å². The van der Waals surface area contributed by atoms with Gasteiger partial charge >= 0.3 is 0 Å². The van der Waals surface area contributed by atoms with Crippen molar-refractivity contribution in [2.75, 3.05) is 13.1 Å². The molecule has 0 aromatic rings. The van der Waals surface area contributed by atoms with Crippen LogP contribution in [-0.4, -0.2) is 35.1 Å². The fourth-order valence-electron chi connectivity index (χ4n) is 1.28. The van der Waals surface area contributed by atoms with Gasteiger partial charge in [0.2, 0.25) is 5.91 Å². The zero-order chi connectivity index (χ0) is 8.27. The van der Waals surface area contributed by atoms with Gasteiger partial charge in [-0.2, -0.15) is 0 Å². The van der Waals surface area contributed by atoms with Gasteiger partial charge in [-0.05, 0) is 19.8 Å². The summed E-state index contributed by atoms with van der Waals surface area (Å²) in [5.41, 5.74) is 0. The number of rotatable bonds is 3. The molecule has 1 atom stereocenters. The highest BCUT2D eigenvalue weighted by Crippen LogP contribution is 2.10. The molecule has 3 nitrogen and oxygen atoms in total. The van der Waals surface area contributed by atoms with Crippen LogP contribution in [0.1, 0.15) is 26.2 Å². The first kappa shape index (κ1) is 8.53. The van der Waals surface area contributed by atoms with Crippen LogP contribution < -0.4 is 0 Å². The Balaban J connectivity index is 2.20. The Bertz CT molecular complexity index is 145. The van der Waals surface area contributed by atoms with Crippen LogP contribution in [0.4, 0.5) is 0 Å². The van der Waals surface area contributed by atoms with Crippen LogP contribution in [0.2, 0.25) is 0 Å². The second-order valence-electron chi connectivity index (χ2n) is 3.12. The predicted octanol–water partition coefficient (Wildman–Crippen LogP) is 0.380. The SMILES string of the molecule is C[C@@H](O)CCN1CCCC1=O. The van der Waals surface area contributed by atoms with Crippen LogP contribution in [-0.2, 0) is 4.79 Å². The lowest BCUT2D eigenvalue weighted by Crippen LogP contribution is -2.27. The maximum Gasteiger partial charge on any atom is 0.222 e. The van der Waals surface area contributed by atoms with E-state index in [9.17, 15) is 4.79 Å². The van der Waals surface area contributed by atoms with E-state index in [4.69, 9.17) is 5.11 Å². The molecule has 1 fully saturated rings. The Morgan fingerprint density at radius 2 is 2.45 bits per heavy atom. The van der Waals surface area contributed by atoms with Gasteiger partial charge in [0, 0.05) is 19.5 Å². The number of amides is 1. The number of likely N-dealkylation sites (tertiary alicyclic amines) is 1. The lowest BCUT2D eigenvalue weighted by atomic mass is 10.3. The van der Waals surface area contributed by atoms with E-state index in [0.29, 0.717) is 12.8 Å². The van der Waals surface area contributed by atoms with E-state index in [1.165, 1.54) is 0 Å². The maximum absolute atomic E-state index is 11.0. The molecule has 64 valence electrons. The zero-order valence-corrected chi connectivity index (χ0v) is 6.92. The van der Waals surface area contributed by atoms with Crippen LogP contribution in [0.25, 0.3) is 0 Å². The van der Waals surface area contributed by atoms with Crippen molar-refractivity contribution in [2.45, 2.75) is 32.3 Å². The standard InChI is InChI=1S/C8H15NO2/c1-7(10)4-6-9-5-2-3-8(9)11/h7,10H,2-6H2,1H3/t7-/m1/s1. The zero-order valence-electron chi connectivity index (χ0n) is 6.92. The van der Waals surface area contributed by atoms with Crippen molar-refractivity contribution in [3.8, 4) is 0 Å². The van der Waals surface area contributed by atoms with Gasteiger partial charge in [0.15, 0.2) is 0 Å². The van der Waals surface area contributed by atoms with Gasteiger partial charge in [0.1, 0.15) is 0 Å². The van der Waals surface area contributed by atoms with Gasteiger partial charge in [-0.1, -0.05) is 0 Å². The number of hydrogen-bond acceptors (Lipinski definition) is 2. The number of carbonyl (C=O) groups excluding carboxylic acids is 1. The first-order chi connectivity index (χ1) is 5.20. The van der Waals surface area contributed by atoms with Gasteiger partial charge in [-0.15, -0.1) is 0 Å². The molecule has 1 amide bonds. The first-order valence-corrected chi connectivity index (χ1v) is 4.16. The summed E-state index contributed by atoms with van der Waals surface area (Å²) in [6, 6.07) is 0. The molecule has 0 aromatic heterocycles. The largest absolute Gasteiger partial charge is 0.393 e. The van der Waals surface area contributed by atoms with Crippen LogP contribution in [0.5, 0.6) is 0 Å². The van der Waals surface area contributed by atoms with E-state index in [-0.39, 0.29) is 12.0 Å². The number of aliphatic hydroxyl groups excluding tert-OH is 1. The summed E-state index contributed by atoms with van der Waals surface area (Å²) in [5.74, 6) is 0.241. The minimum atomic E-state index is -0.289. The average Bonchev–Trinajstić information content (AvgIpc) is 2.31. The number of aliphatic hydroxyl groups is 1. The third-order valence-electron chi connectivity index (χ3n) is 1.99. The molecule has 11 heavy (non-hydrogen) atoms. The summed E-state index contributed by atoms with van der Waals surface area (Å²) >= 11 is 0. The van der Waals surface area contributed by atoms with E-state index < -0.39 is 0 Å². The third-order valence-corrected chi connectivity index (χ3v) is 1.99. The second kappa shape index (κ2) is 3.72. The number of hydrogen-bond donors (Lipinski definition) is 1. The topological polar surface area (TPSA) is 40.5 Å². The normalized spacial score (nSPS) is 20.9. The summed E-state index contributed by atoms with van der Waals surface area (Å²) in [6.45, 7) is 3.35. The molecule has 1 aliphatic rings. The Hall–Kier alpha value is -0.570. The minimum Gasteiger partial charge on any atom is -0.393 e. The quantitative estimate of drug-likeness (QED) is 0.643. The van der Waals surface area contributed by atoms with Gasteiger partial charge in [0.25, 0.3) is 0 Å². The molecule has 0 spiro atoms. The molecule has 3 heteroatoms. The number of carbonyl (C=O) groups is 1. The molecule has 0 aliphatic carbocycles. The third kappa shape index (κ3) is 2.50. The van der Waals surface area contributed by atoms with Crippen LogP contribution in [0.15, 0.2) is 0 Å². The van der Waals surface area contributed by atoms with E-state index in [1.54, 1.807) is 6.92 Å². The van der Waals surface area contributed by atoms with Crippen molar-refractivity contribution in [1.82, 2.24) is 4.90 Å². The van der Waals surface area contributed by atoms with Crippen molar-refractivity contribution in [3.05, 3.63) is 0 Å². The Morgan fingerprint density at radius 3 is 2.91 bits per heavy atom. The molecule has 1 saturated heterocycles. The molecule has 0 saturated carbocycles. The molecule has 0 radical (unpaired) electrons. The van der Waals surface area contributed by atoms with Crippen molar-refractivity contribution < 1.29 is 9.90 Å². The van der Waals surface area contributed by atoms with Crippen molar-refractivity contribution in [3.63, 3.8) is 0 Å². The lowest BCUT2D eigenvalue weighted by Gasteiger charge is -2.15. The number of nitrogens with zero attached hydrogens (tertiary/aromatic N) is 1.